The van der Waals surface area contributed by atoms with E-state index in [1.807, 2.05) is 6.92 Å². The Kier molecular flexibility index (Phi) is 3.58. The molecule has 0 fully saturated rings. The molecule has 0 aliphatic heterocycles. The van der Waals surface area contributed by atoms with Crippen molar-refractivity contribution < 1.29 is 9.13 Å². The zero-order chi connectivity index (χ0) is 13.1. The molecule has 3 nitrogen and oxygen atoms in total. The van der Waals surface area contributed by atoms with Gasteiger partial charge in [-0.1, -0.05) is 12.1 Å². The lowest BCUT2D eigenvalue weighted by Crippen LogP contribution is -2.08. The summed E-state index contributed by atoms with van der Waals surface area (Å²) in [6, 6.07) is 7.93. The molecule has 0 spiro atoms. The lowest BCUT2D eigenvalue weighted by atomic mass is 10.1. The van der Waals surface area contributed by atoms with E-state index in [0.717, 1.165) is 0 Å². The molecule has 1 heterocycles. The Balaban J connectivity index is 2.43. The summed E-state index contributed by atoms with van der Waals surface area (Å²) in [6.45, 7) is 3.60. The normalized spacial score (nSPS) is 12.2. The minimum atomic E-state index is -0.423. The van der Waals surface area contributed by atoms with Crippen molar-refractivity contribution >= 4 is 0 Å². The number of hydrogen-bond donors (Lipinski definition) is 1. The summed E-state index contributed by atoms with van der Waals surface area (Å²) in [7, 11) is 0. The fourth-order valence-electron chi connectivity index (χ4n) is 1.68. The van der Waals surface area contributed by atoms with Crippen molar-refractivity contribution in [2.75, 3.05) is 0 Å². The standard InChI is InChI=1S/C14H15FN2O/c1-9(16)11-5-3-6-12(15)14(11)18-13-7-4-8-17-10(13)2/h3-9H,16H2,1-2H3/t9-/m1/s1. The largest absolute Gasteiger partial charge is 0.452 e. The van der Waals surface area contributed by atoms with Crippen LogP contribution in [0.5, 0.6) is 11.5 Å². The van der Waals surface area contributed by atoms with Gasteiger partial charge in [-0.05, 0) is 32.0 Å². The number of nitrogens with zero attached hydrogens (tertiary/aromatic N) is 1. The molecule has 0 saturated carbocycles. The van der Waals surface area contributed by atoms with Gasteiger partial charge < -0.3 is 10.5 Å². The highest BCUT2D eigenvalue weighted by Crippen LogP contribution is 2.32. The predicted molar refractivity (Wildman–Crippen MR) is 68.1 cm³/mol. The summed E-state index contributed by atoms with van der Waals surface area (Å²) in [5.74, 6) is 0.279. The van der Waals surface area contributed by atoms with E-state index in [4.69, 9.17) is 10.5 Å². The zero-order valence-corrected chi connectivity index (χ0v) is 10.4. The molecule has 18 heavy (non-hydrogen) atoms. The lowest BCUT2D eigenvalue weighted by Gasteiger charge is -2.15. The summed E-state index contributed by atoms with van der Waals surface area (Å²) >= 11 is 0. The quantitative estimate of drug-likeness (QED) is 0.903. The average Bonchev–Trinajstić information content (AvgIpc) is 2.34. The summed E-state index contributed by atoms with van der Waals surface area (Å²) in [6.07, 6.45) is 1.66. The second-order valence-electron chi connectivity index (χ2n) is 4.14. The maximum atomic E-state index is 13.8. The molecule has 4 heteroatoms. The van der Waals surface area contributed by atoms with E-state index in [9.17, 15) is 4.39 Å². The van der Waals surface area contributed by atoms with Crippen molar-refractivity contribution in [2.24, 2.45) is 5.73 Å². The van der Waals surface area contributed by atoms with Crippen molar-refractivity contribution in [1.29, 1.82) is 0 Å². The van der Waals surface area contributed by atoms with E-state index < -0.39 is 5.82 Å². The third kappa shape index (κ3) is 2.49. The van der Waals surface area contributed by atoms with Gasteiger partial charge in [0.2, 0.25) is 0 Å². The summed E-state index contributed by atoms with van der Waals surface area (Å²) < 4.78 is 19.4. The van der Waals surface area contributed by atoms with Gasteiger partial charge in [-0.15, -0.1) is 0 Å². The summed E-state index contributed by atoms with van der Waals surface area (Å²) in [5, 5.41) is 0. The van der Waals surface area contributed by atoms with E-state index in [1.54, 1.807) is 37.4 Å². The third-order valence-corrected chi connectivity index (χ3v) is 2.66. The van der Waals surface area contributed by atoms with Gasteiger partial charge in [-0.25, -0.2) is 4.39 Å². The van der Waals surface area contributed by atoms with Gasteiger partial charge in [-0.2, -0.15) is 0 Å². The molecule has 0 bridgehead atoms. The molecule has 0 saturated heterocycles. The molecule has 2 aromatic rings. The molecule has 0 radical (unpaired) electrons. The van der Waals surface area contributed by atoms with Crippen LogP contribution in [0, 0.1) is 12.7 Å². The maximum absolute atomic E-state index is 13.8. The van der Waals surface area contributed by atoms with Crippen LogP contribution in [0.3, 0.4) is 0 Å². The molecule has 94 valence electrons. The van der Waals surface area contributed by atoms with Crippen molar-refractivity contribution in [1.82, 2.24) is 4.98 Å². The Hall–Kier alpha value is -1.94. The molecule has 0 aliphatic carbocycles. The van der Waals surface area contributed by atoms with Crippen molar-refractivity contribution in [3.63, 3.8) is 0 Å². The van der Waals surface area contributed by atoms with Crippen molar-refractivity contribution in [3.8, 4) is 11.5 Å². The van der Waals surface area contributed by atoms with Crippen LogP contribution in [0.15, 0.2) is 36.5 Å². The Labute approximate surface area is 105 Å². The number of ether oxygens (including phenoxy) is 1. The van der Waals surface area contributed by atoms with Crippen LogP contribution in [0.25, 0.3) is 0 Å². The second kappa shape index (κ2) is 5.14. The molecule has 1 aromatic heterocycles. The topological polar surface area (TPSA) is 48.1 Å². The van der Waals surface area contributed by atoms with E-state index in [-0.39, 0.29) is 11.8 Å². The number of para-hydroxylation sites is 1. The Morgan fingerprint density at radius 3 is 2.72 bits per heavy atom. The van der Waals surface area contributed by atoms with Gasteiger partial charge >= 0.3 is 0 Å². The van der Waals surface area contributed by atoms with Crippen molar-refractivity contribution in [3.05, 3.63) is 53.6 Å². The monoisotopic (exact) mass is 246 g/mol. The SMILES string of the molecule is Cc1ncccc1Oc1c(F)cccc1[C@@H](C)N. The summed E-state index contributed by atoms with van der Waals surface area (Å²) in [4.78, 5) is 4.10. The second-order valence-corrected chi connectivity index (χ2v) is 4.14. The highest BCUT2D eigenvalue weighted by molar-refractivity contribution is 5.41. The molecular formula is C14H15FN2O. The van der Waals surface area contributed by atoms with Crippen LogP contribution in [0.1, 0.15) is 24.2 Å². The number of aryl methyl sites for hydroxylation is 1. The maximum Gasteiger partial charge on any atom is 0.167 e. The van der Waals surface area contributed by atoms with Gasteiger partial charge in [0.25, 0.3) is 0 Å². The number of benzene rings is 1. The van der Waals surface area contributed by atoms with Crippen LogP contribution in [0.2, 0.25) is 0 Å². The first kappa shape index (κ1) is 12.5. The molecule has 0 amide bonds. The number of aromatic nitrogens is 1. The van der Waals surface area contributed by atoms with Crippen LogP contribution in [-0.2, 0) is 0 Å². The number of halogens is 1. The predicted octanol–water partition coefficient (Wildman–Crippen LogP) is 3.34. The van der Waals surface area contributed by atoms with Crippen LogP contribution >= 0.6 is 0 Å². The first-order valence-corrected chi connectivity index (χ1v) is 5.73. The molecule has 1 atom stereocenters. The van der Waals surface area contributed by atoms with Crippen LogP contribution < -0.4 is 10.5 Å². The van der Waals surface area contributed by atoms with E-state index in [0.29, 0.717) is 17.0 Å². The molecule has 0 aliphatic rings. The Morgan fingerprint density at radius 2 is 2.06 bits per heavy atom. The van der Waals surface area contributed by atoms with Crippen LogP contribution in [-0.4, -0.2) is 4.98 Å². The zero-order valence-electron chi connectivity index (χ0n) is 10.4. The van der Waals surface area contributed by atoms with E-state index >= 15 is 0 Å². The van der Waals surface area contributed by atoms with Gasteiger partial charge in [0, 0.05) is 17.8 Å². The van der Waals surface area contributed by atoms with E-state index in [1.165, 1.54) is 6.07 Å². The van der Waals surface area contributed by atoms with Gasteiger partial charge in [0.15, 0.2) is 11.6 Å². The van der Waals surface area contributed by atoms with Gasteiger partial charge in [0.05, 0.1) is 5.69 Å². The Morgan fingerprint density at radius 1 is 1.28 bits per heavy atom. The number of hydrogen-bond acceptors (Lipinski definition) is 3. The smallest absolute Gasteiger partial charge is 0.167 e. The fourth-order valence-corrected chi connectivity index (χ4v) is 1.68. The first-order valence-electron chi connectivity index (χ1n) is 5.73. The van der Waals surface area contributed by atoms with Crippen LogP contribution in [0.4, 0.5) is 4.39 Å². The summed E-state index contributed by atoms with van der Waals surface area (Å²) in [5.41, 5.74) is 7.16. The molecule has 2 rings (SSSR count). The molecule has 1 aromatic carbocycles. The number of pyridine rings is 1. The Bertz CT molecular complexity index is 555. The van der Waals surface area contributed by atoms with Gasteiger partial charge in [-0.3, -0.25) is 4.98 Å². The van der Waals surface area contributed by atoms with E-state index in [2.05, 4.69) is 4.98 Å². The fraction of sp³-hybridized carbons (Fsp3) is 0.214. The molecule has 0 unspecified atom stereocenters. The average molecular weight is 246 g/mol. The molecular weight excluding hydrogens is 231 g/mol. The molecule has 2 N–H and O–H groups in total. The number of nitrogens with two attached hydrogens (primary N) is 1. The third-order valence-electron chi connectivity index (χ3n) is 2.66. The highest BCUT2D eigenvalue weighted by atomic mass is 19.1. The first-order chi connectivity index (χ1) is 8.59. The minimum absolute atomic E-state index is 0.170. The lowest BCUT2D eigenvalue weighted by molar-refractivity contribution is 0.428. The van der Waals surface area contributed by atoms with Gasteiger partial charge in [0.1, 0.15) is 5.75 Å². The highest BCUT2D eigenvalue weighted by Gasteiger charge is 2.14. The van der Waals surface area contributed by atoms with Crippen molar-refractivity contribution in [2.45, 2.75) is 19.9 Å². The number of rotatable bonds is 3. The minimum Gasteiger partial charge on any atom is -0.452 e.